The van der Waals surface area contributed by atoms with Crippen LogP contribution in [0.5, 0.6) is 0 Å². The van der Waals surface area contributed by atoms with Crippen LogP contribution in [0.4, 0.5) is 0 Å². The minimum atomic E-state index is 0. The van der Waals surface area contributed by atoms with Crippen molar-refractivity contribution in [1.29, 1.82) is 0 Å². The molecule has 0 amide bonds. The molecule has 0 bridgehead atoms. The van der Waals surface area contributed by atoms with E-state index >= 15 is 0 Å². The van der Waals surface area contributed by atoms with Gasteiger partial charge in [-0.1, -0.05) is 64.5 Å². The summed E-state index contributed by atoms with van der Waals surface area (Å²) in [6.07, 6.45) is 3.59. The number of aromatic nitrogens is 2. The predicted molar refractivity (Wildman–Crippen MR) is 116 cm³/mol. The van der Waals surface area contributed by atoms with E-state index in [1.54, 1.807) is 10.9 Å². The Labute approximate surface area is 176 Å². The molecule has 0 aliphatic heterocycles. The monoisotopic (exact) mass is 483 g/mol. The van der Waals surface area contributed by atoms with E-state index in [4.69, 9.17) is 0 Å². The zero-order chi connectivity index (χ0) is 17.9. The van der Waals surface area contributed by atoms with Crippen molar-refractivity contribution in [2.45, 2.75) is 6.54 Å². The molecule has 0 fully saturated rings. The van der Waals surface area contributed by atoms with Gasteiger partial charge < -0.3 is 0 Å². The minimum Gasteiger partial charge on any atom is -0.290 e. The van der Waals surface area contributed by atoms with E-state index in [2.05, 4.69) is 20.9 Å². The molecule has 0 N–H and O–H groups in total. The first-order valence-corrected chi connectivity index (χ1v) is 9.11. The number of carbonyl (C=O) groups is 1. The van der Waals surface area contributed by atoms with Crippen molar-refractivity contribution in [3.63, 3.8) is 0 Å². The van der Waals surface area contributed by atoms with Crippen molar-refractivity contribution < 1.29 is 9.36 Å². The number of fused-ring (bicyclic) bond motifs is 1. The Morgan fingerprint density at radius 1 is 0.926 bits per heavy atom. The Balaban J connectivity index is 0.00000210. The van der Waals surface area contributed by atoms with Gasteiger partial charge >= 0.3 is 0 Å². The van der Waals surface area contributed by atoms with Crippen molar-refractivity contribution >= 4 is 49.5 Å². The maximum absolute atomic E-state index is 12.6. The summed E-state index contributed by atoms with van der Waals surface area (Å²) in [7, 11) is 0. The number of hydrogen-bond acceptors (Lipinski definition) is 2. The molecule has 4 rings (SSSR count). The molecule has 0 saturated heterocycles. The van der Waals surface area contributed by atoms with Crippen LogP contribution in [0.2, 0.25) is 0 Å². The zero-order valence-corrected chi connectivity index (χ0v) is 17.7. The van der Waals surface area contributed by atoms with Gasteiger partial charge in [0, 0.05) is 21.7 Å². The van der Waals surface area contributed by atoms with Gasteiger partial charge in [0.25, 0.3) is 6.33 Å². The van der Waals surface area contributed by atoms with Gasteiger partial charge in [-0.3, -0.25) is 4.79 Å². The molecule has 0 aliphatic carbocycles. The average molecular weight is 485 g/mol. The van der Waals surface area contributed by atoms with Crippen LogP contribution in [0.15, 0.2) is 89.8 Å². The van der Waals surface area contributed by atoms with Crippen molar-refractivity contribution in [3.05, 3.63) is 95.4 Å². The highest BCUT2D eigenvalue weighted by molar-refractivity contribution is 9.10. The third kappa shape index (κ3) is 4.49. The maximum Gasteiger partial charge on any atom is 0.287 e. The van der Waals surface area contributed by atoms with Crippen molar-refractivity contribution in [3.8, 4) is 11.3 Å². The summed E-state index contributed by atoms with van der Waals surface area (Å²) in [4.78, 5) is 17.1. The SMILES string of the molecule is Br.O=C(C[n+]1ccc(-c2cccc(Br)c2)nc1)c1ccc2ccccc2c1. The highest BCUT2D eigenvalue weighted by Gasteiger charge is 2.12. The normalized spacial score (nSPS) is 10.4. The van der Waals surface area contributed by atoms with Gasteiger partial charge in [0.1, 0.15) is 0 Å². The summed E-state index contributed by atoms with van der Waals surface area (Å²) in [6, 6.07) is 23.8. The number of nitrogens with zero attached hydrogens (tertiary/aromatic N) is 2. The summed E-state index contributed by atoms with van der Waals surface area (Å²) in [6.45, 7) is 0.268. The Hall–Kier alpha value is -2.37. The molecule has 134 valence electrons. The van der Waals surface area contributed by atoms with E-state index < -0.39 is 0 Å². The van der Waals surface area contributed by atoms with Crippen LogP contribution in [0.25, 0.3) is 22.0 Å². The lowest BCUT2D eigenvalue weighted by Gasteiger charge is -2.03. The summed E-state index contributed by atoms with van der Waals surface area (Å²) in [5.41, 5.74) is 2.63. The molecule has 0 aliphatic rings. The molecule has 0 unspecified atom stereocenters. The topological polar surface area (TPSA) is 33.8 Å². The number of halogens is 2. The fourth-order valence-corrected chi connectivity index (χ4v) is 3.32. The van der Waals surface area contributed by atoms with Crippen LogP contribution in [0.1, 0.15) is 10.4 Å². The molecule has 0 atom stereocenters. The van der Waals surface area contributed by atoms with Crippen LogP contribution in [0, 0.1) is 0 Å². The number of rotatable bonds is 4. The number of ketones is 1. The molecule has 1 aromatic heterocycles. The second-order valence-electron chi connectivity index (χ2n) is 6.11. The molecule has 1 heterocycles. The molecule has 5 heteroatoms. The maximum atomic E-state index is 12.6. The summed E-state index contributed by atoms with van der Waals surface area (Å²) < 4.78 is 2.82. The molecule has 0 spiro atoms. The summed E-state index contributed by atoms with van der Waals surface area (Å²) in [5, 5.41) is 2.21. The Kier molecular flexibility index (Phi) is 6.14. The predicted octanol–water partition coefficient (Wildman–Crippen LogP) is 5.41. The molecule has 0 radical (unpaired) electrons. The van der Waals surface area contributed by atoms with Gasteiger partial charge in [0.2, 0.25) is 5.78 Å². The molecule has 3 nitrogen and oxygen atoms in total. The van der Waals surface area contributed by atoms with Gasteiger partial charge in [-0.05, 0) is 34.0 Å². The lowest BCUT2D eigenvalue weighted by Crippen LogP contribution is -2.37. The van der Waals surface area contributed by atoms with Gasteiger partial charge in [-0.25, -0.2) is 4.57 Å². The molecule has 3 aromatic carbocycles. The first-order chi connectivity index (χ1) is 12.7. The zero-order valence-electron chi connectivity index (χ0n) is 14.4. The minimum absolute atomic E-state index is 0. The van der Waals surface area contributed by atoms with E-state index in [9.17, 15) is 4.79 Å². The number of carbonyl (C=O) groups excluding carboxylic acids is 1. The van der Waals surface area contributed by atoms with Crippen molar-refractivity contribution in [1.82, 2.24) is 4.98 Å². The van der Waals surface area contributed by atoms with Crippen molar-refractivity contribution in [2.24, 2.45) is 0 Å². The van der Waals surface area contributed by atoms with E-state index in [1.165, 1.54) is 0 Å². The lowest BCUT2D eigenvalue weighted by atomic mass is 10.0. The van der Waals surface area contributed by atoms with Gasteiger partial charge in [-0.15, -0.1) is 17.0 Å². The fraction of sp³-hybridized carbons (Fsp3) is 0.0455. The molecular weight excluding hydrogens is 468 g/mol. The molecule has 27 heavy (non-hydrogen) atoms. The fourth-order valence-electron chi connectivity index (χ4n) is 2.92. The van der Waals surface area contributed by atoms with Gasteiger partial charge in [0.05, 0.1) is 6.20 Å². The van der Waals surface area contributed by atoms with E-state index in [-0.39, 0.29) is 29.3 Å². The largest absolute Gasteiger partial charge is 0.290 e. The number of Topliss-reactive ketones (excluding diaryl/α,β-unsaturated/α-hetero) is 1. The van der Waals surface area contributed by atoms with Crippen LogP contribution < -0.4 is 4.57 Å². The standard InChI is InChI=1S/C22H16BrN2O.BrH/c23-20-7-3-6-18(13-20)21-10-11-25(15-24-21)14-22(26)19-9-8-16-4-1-2-5-17(16)12-19;/h1-13,15H,14H2;1H/q+1;. The third-order valence-electron chi connectivity index (χ3n) is 4.29. The number of benzene rings is 3. The van der Waals surface area contributed by atoms with Crippen LogP contribution in [-0.4, -0.2) is 10.8 Å². The quantitative estimate of drug-likeness (QED) is 0.286. The highest BCUT2D eigenvalue weighted by atomic mass is 79.9. The van der Waals surface area contributed by atoms with Crippen LogP contribution in [-0.2, 0) is 6.54 Å². The first-order valence-electron chi connectivity index (χ1n) is 8.32. The first kappa shape index (κ1) is 19.4. The highest BCUT2D eigenvalue weighted by Crippen LogP contribution is 2.20. The van der Waals surface area contributed by atoms with Crippen LogP contribution in [0.3, 0.4) is 0 Å². The van der Waals surface area contributed by atoms with Gasteiger partial charge in [0.15, 0.2) is 12.2 Å². The average Bonchev–Trinajstić information content (AvgIpc) is 2.68. The Morgan fingerprint density at radius 3 is 2.48 bits per heavy atom. The second kappa shape index (κ2) is 8.55. The Morgan fingerprint density at radius 2 is 1.74 bits per heavy atom. The summed E-state index contributed by atoms with van der Waals surface area (Å²) in [5.74, 6) is 0.0674. The molecule has 4 aromatic rings. The summed E-state index contributed by atoms with van der Waals surface area (Å²) >= 11 is 3.47. The number of hydrogen-bond donors (Lipinski definition) is 0. The van der Waals surface area contributed by atoms with E-state index in [1.807, 2.05) is 79.0 Å². The van der Waals surface area contributed by atoms with E-state index in [0.29, 0.717) is 5.56 Å². The smallest absolute Gasteiger partial charge is 0.287 e. The van der Waals surface area contributed by atoms with E-state index in [0.717, 1.165) is 26.5 Å². The van der Waals surface area contributed by atoms with Crippen molar-refractivity contribution in [2.75, 3.05) is 0 Å². The van der Waals surface area contributed by atoms with Gasteiger partial charge in [-0.2, -0.15) is 0 Å². The lowest BCUT2D eigenvalue weighted by molar-refractivity contribution is -0.686. The second-order valence-corrected chi connectivity index (χ2v) is 7.03. The Bertz CT molecular complexity index is 1090. The molecular formula is C22H17Br2N2O+. The van der Waals surface area contributed by atoms with Crippen LogP contribution >= 0.6 is 32.9 Å². The third-order valence-corrected chi connectivity index (χ3v) is 4.78. The molecule has 0 saturated carbocycles.